The average molecular weight is 371 g/mol. The molecule has 0 N–H and O–H groups in total. The smallest absolute Gasteiger partial charge is 0.166 e. The Bertz CT molecular complexity index is 977. The highest BCUT2D eigenvalue weighted by molar-refractivity contribution is 6.16. The second-order valence-corrected chi connectivity index (χ2v) is 8.53. The van der Waals surface area contributed by atoms with Crippen LogP contribution in [0.15, 0.2) is 29.3 Å². The fourth-order valence-electron chi connectivity index (χ4n) is 4.10. The molecule has 3 nitrogen and oxygen atoms in total. The van der Waals surface area contributed by atoms with Gasteiger partial charge >= 0.3 is 0 Å². The zero-order valence-corrected chi connectivity index (χ0v) is 16.2. The first-order chi connectivity index (χ1) is 12.6. The molecule has 0 spiro atoms. The van der Waals surface area contributed by atoms with Crippen LogP contribution in [0.2, 0.25) is 0 Å². The zero-order valence-electron chi connectivity index (χ0n) is 16.2. The first kappa shape index (κ1) is 18.0. The Balaban J connectivity index is 2.01. The minimum atomic E-state index is -0.611. The van der Waals surface area contributed by atoms with Gasteiger partial charge in [0.05, 0.1) is 18.4 Å². The van der Waals surface area contributed by atoms with Crippen LogP contribution in [0.4, 0.5) is 8.78 Å². The first-order valence-electron chi connectivity index (χ1n) is 9.08. The van der Waals surface area contributed by atoms with Crippen LogP contribution in [0.5, 0.6) is 11.5 Å². The molecule has 0 aromatic heterocycles. The number of aliphatic imine (C=N–C) groups is 1. The van der Waals surface area contributed by atoms with Gasteiger partial charge < -0.3 is 9.47 Å². The van der Waals surface area contributed by atoms with E-state index in [1.54, 1.807) is 7.11 Å². The molecule has 0 radical (unpaired) electrons. The van der Waals surface area contributed by atoms with Crippen LogP contribution < -0.4 is 9.47 Å². The van der Waals surface area contributed by atoms with Gasteiger partial charge in [0, 0.05) is 29.2 Å². The van der Waals surface area contributed by atoms with Gasteiger partial charge in [-0.25, -0.2) is 8.78 Å². The lowest BCUT2D eigenvalue weighted by Crippen LogP contribution is -2.31. The molecule has 2 aliphatic rings. The average Bonchev–Trinajstić information content (AvgIpc) is 2.87. The van der Waals surface area contributed by atoms with Crippen LogP contribution in [-0.4, -0.2) is 24.0 Å². The summed E-state index contributed by atoms with van der Waals surface area (Å²) in [6.45, 7) is 8.05. The molecule has 4 rings (SSSR count). The quantitative estimate of drug-likeness (QED) is 0.755. The van der Waals surface area contributed by atoms with E-state index in [2.05, 4.69) is 0 Å². The van der Waals surface area contributed by atoms with Gasteiger partial charge in [-0.05, 0) is 57.9 Å². The minimum absolute atomic E-state index is 0.308. The van der Waals surface area contributed by atoms with Crippen LogP contribution in [0.1, 0.15) is 49.9 Å². The van der Waals surface area contributed by atoms with E-state index in [0.717, 1.165) is 22.8 Å². The fourth-order valence-corrected chi connectivity index (χ4v) is 4.10. The molecule has 2 aliphatic heterocycles. The Kier molecular flexibility index (Phi) is 3.85. The van der Waals surface area contributed by atoms with Crippen molar-refractivity contribution in [3.05, 3.63) is 58.2 Å². The topological polar surface area (TPSA) is 30.8 Å². The molecule has 0 saturated heterocycles. The van der Waals surface area contributed by atoms with Gasteiger partial charge in [0.2, 0.25) is 0 Å². The van der Waals surface area contributed by atoms with Gasteiger partial charge in [0.25, 0.3) is 0 Å². The van der Waals surface area contributed by atoms with Crippen molar-refractivity contribution in [2.24, 2.45) is 4.99 Å². The van der Waals surface area contributed by atoms with Crippen molar-refractivity contribution < 1.29 is 18.3 Å². The summed E-state index contributed by atoms with van der Waals surface area (Å²) < 4.78 is 39.8. The van der Waals surface area contributed by atoms with Gasteiger partial charge in [-0.15, -0.1) is 0 Å². The van der Waals surface area contributed by atoms with E-state index in [1.807, 2.05) is 33.8 Å². The maximum absolute atomic E-state index is 14.7. The number of nitrogens with zero attached hydrogens (tertiary/aromatic N) is 1. The third kappa shape index (κ3) is 2.99. The van der Waals surface area contributed by atoms with Gasteiger partial charge in [0.15, 0.2) is 11.5 Å². The Morgan fingerprint density at radius 1 is 1.07 bits per heavy atom. The molecule has 2 aromatic carbocycles. The Hall–Kier alpha value is -2.43. The summed E-state index contributed by atoms with van der Waals surface area (Å²) in [5.41, 5.74) is 2.99. The lowest BCUT2D eigenvalue weighted by molar-refractivity contribution is 0.134. The molecule has 0 aliphatic carbocycles. The van der Waals surface area contributed by atoms with Crippen LogP contribution in [0, 0.1) is 11.6 Å². The zero-order chi connectivity index (χ0) is 19.6. The highest BCUT2D eigenvalue weighted by atomic mass is 19.1. The number of hydrogen-bond acceptors (Lipinski definition) is 3. The van der Waals surface area contributed by atoms with Crippen molar-refractivity contribution in [1.29, 1.82) is 0 Å². The van der Waals surface area contributed by atoms with Crippen LogP contribution in [0.3, 0.4) is 0 Å². The van der Waals surface area contributed by atoms with Crippen molar-refractivity contribution in [3.63, 3.8) is 0 Å². The largest absolute Gasteiger partial charge is 0.493 e. The highest BCUT2D eigenvalue weighted by Gasteiger charge is 2.40. The molecule has 5 heteroatoms. The first-order valence-corrected chi connectivity index (χ1v) is 9.08. The molecule has 0 unspecified atom stereocenters. The van der Waals surface area contributed by atoms with E-state index >= 15 is 0 Å². The SMILES string of the molecule is COc1cc2c(c3c1OC(C)(C)C3)C(c1ccc(F)cc1F)=NC(C)(C)C2. The second kappa shape index (κ2) is 5.78. The van der Waals surface area contributed by atoms with E-state index in [1.165, 1.54) is 12.1 Å². The Labute approximate surface area is 158 Å². The number of fused-ring (bicyclic) bond motifs is 3. The molecule has 142 valence electrons. The molecule has 2 aromatic rings. The number of halogens is 2. The van der Waals surface area contributed by atoms with E-state index in [0.29, 0.717) is 35.6 Å². The second-order valence-electron chi connectivity index (χ2n) is 8.53. The third-order valence-corrected chi connectivity index (χ3v) is 5.09. The standard InChI is InChI=1S/C22H23F2NO2/c1-21(2)10-12-8-17(26-5)20-15(11-22(3,4)27-20)18(12)19(25-21)14-7-6-13(23)9-16(14)24/h6-9H,10-11H2,1-5H3. The van der Waals surface area contributed by atoms with Crippen LogP contribution in [-0.2, 0) is 12.8 Å². The van der Waals surface area contributed by atoms with Crippen molar-refractivity contribution >= 4 is 5.71 Å². The number of benzene rings is 2. The molecular weight excluding hydrogens is 348 g/mol. The van der Waals surface area contributed by atoms with Gasteiger partial charge in [-0.3, -0.25) is 4.99 Å². The number of ether oxygens (including phenoxy) is 2. The number of methoxy groups -OCH3 is 1. The van der Waals surface area contributed by atoms with Gasteiger partial charge in [-0.1, -0.05) is 0 Å². The maximum Gasteiger partial charge on any atom is 0.166 e. The fraction of sp³-hybridized carbons (Fsp3) is 0.409. The molecular formula is C22H23F2NO2. The summed E-state index contributed by atoms with van der Waals surface area (Å²) in [6.07, 6.45) is 1.38. The van der Waals surface area contributed by atoms with Crippen molar-refractivity contribution in [2.45, 2.75) is 51.7 Å². The summed E-state index contributed by atoms with van der Waals surface area (Å²) in [6, 6.07) is 5.61. The summed E-state index contributed by atoms with van der Waals surface area (Å²) in [7, 11) is 1.62. The van der Waals surface area contributed by atoms with Crippen molar-refractivity contribution in [3.8, 4) is 11.5 Å². The lowest BCUT2D eigenvalue weighted by Gasteiger charge is -2.31. The summed E-state index contributed by atoms with van der Waals surface area (Å²) in [5, 5.41) is 0. The van der Waals surface area contributed by atoms with Crippen LogP contribution >= 0.6 is 0 Å². The monoisotopic (exact) mass is 371 g/mol. The molecule has 0 amide bonds. The molecule has 27 heavy (non-hydrogen) atoms. The summed E-state index contributed by atoms with van der Waals surface area (Å²) in [4.78, 5) is 4.85. The predicted molar refractivity (Wildman–Crippen MR) is 101 cm³/mol. The Morgan fingerprint density at radius 2 is 1.81 bits per heavy atom. The van der Waals surface area contributed by atoms with E-state index in [-0.39, 0.29) is 5.60 Å². The third-order valence-electron chi connectivity index (χ3n) is 5.09. The predicted octanol–water partition coefficient (Wildman–Crippen LogP) is 4.86. The van der Waals surface area contributed by atoms with E-state index in [9.17, 15) is 8.78 Å². The maximum atomic E-state index is 14.7. The minimum Gasteiger partial charge on any atom is -0.493 e. The highest BCUT2D eigenvalue weighted by Crippen LogP contribution is 2.47. The van der Waals surface area contributed by atoms with Gasteiger partial charge in [0.1, 0.15) is 17.2 Å². The molecule has 0 atom stereocenters. The molecule has 0 saturated carbocycles. The van der Waals surface area contributed by atoms with E-state index in [4.69, 9.17) is 14.5 Å². The number of rotatable bonds is 2. The van der Waals surface area contributed by atoms with Crippen molar-refractivity contribution in [2.75, 3.05) is 7.11 Å². The Morgan fingerprint density at radius 3 is 2.48 bits per heavy atom. The van der Waals surface area contributed by atoms with Crippen LogP contribution in [0.25, 0.3) is 0 Å². The van der Waals surface area contributed by atoms with Crippen molar-refractivity contribution in [1.82, 2.24) is 0 Å². The molecule has 2 heterocycles. The molecule has 0 bridgehead atoms. The lowest BCUT2D eigenvalue weighted by atomic mass is 9.81. The van der Waals surface area contributed by atoms with E-state index < -0.39 is 17.2 Å². The van der Waals surface area contributed by atoms with Gasteiger partial charge in [-0.2, -0.15) is 0 Å². The summed E-state index contributed by atoms with van der Waals surface area (Å²) >= 11 is 0. The number of hydrogen-bond donors (Lipinski definition) is 0. The normalized spacial score (nSPS) is 19.0. The molecule has 0 fully saturated rings. The summed E-state index contributed by atoms with van der Waals surface area (Å²) in [5.74, 6) is 0.166.